The topological polar surface area (TPSA) is 94.6 Å². The fourth-order valence-electron chi connectivity index (χ4n) is 2.82. The first-order chi connectivity index (χ1) is 15.8. The number of nitro benzene ring substituents is 1. The van der Waals surface area contributed by atoms with E-state index in [0.717, 1.165) is 6.07 Å². The van der Waals surface area contributed by atoms with Crippen LogP contribution in [0.15, 0.2) is 34.7 Å². The summed E-state index contributed by atoms with van der Waals surface area (Å²) in [6.45, 7) is 1.18. The number of hydrogen-bond acceptors (Lipinski definition) is 5. The van der Waals surface area contributed by atoms with Crippen LogP contribution < -0.4 is 10.1 Å². The monoisotopic (exact) mass is 492 g/mol. The fourth-order valence-corrected chi connectivity index (χ4v) is 2.82. The quantitative estimate of drug-likeness (QED) is 0.200. The highest BCUT2D eigenvalue weighted by Crippen LogP contribution is 2.38. The van der Waals surface area contributed by atoms with Gasteiger partial charge in [0.15, 0.2) is 29.0 Å². The van der Waals surface area contributed by atoms with E-state index in [-0.39, 0.29) is 23.8 Å². The molecule has 0 aliphatic rings. The van der Waals surface area contributed by atoms with E-state index in [2.05, 4.69) is 0 Å². The number of carbonyl (C=O) groups is 1. The number of rotatable bonds is 6. The molecular formula is C20H11F7N2O5. The molecule has 0 radical (unpaired) electrons. The fraction of sp³-hybridized carbons (Fsp3) is 0.150. The van der Waals surface area contributed by atoms with Crippen LogP contribution in [0.25, 0.3) is 0 Å². The number of hydrogen-bond donors (Lipinski definition) is 1. The highest BCUT2D eigenvalue weighted by atomic mass is 19.4. The van der Waals surface area contributed by atoms with Gasteiger partial charge in [-0.1, -0.05) is 0 Å². The van der Waals surface area contributed by atoms with Crippen LogP contribution in [0.3, 0.4) is 0 Å². The normalized spacial score (nSPS) is 11.4. The number of nitro groups is 1. The molecule has 2 aromatic carbocycles. The number of amides is 1. The average molecular weight is 492 g/mol. The Bertz CT molecular complexity index is 1260. The van der Waals surface area contributed by atoms with Crippen LogP contribution in [-0.4, -0.2) is 10.8 Å². The molecule has 3 aromatic rings. The molecule has 0 saturated carbocycles. The number of halogens is 7. The first kappa shape index (κ1) is 24.5. The first-order valence-corrected chi connectivity index (χ1v) is 9.02. The summed E-state index contributed by atoms with van der Waals surface area (Å²) in [6.07, 6.45) is -5.73. The Morgan fingerprint density at radius 2 is 1.68 bits per heavy atom. The van der Waals surface area contributed by atoms with Gasteiger partial charge in [0, 0.05) is 11.6 Å². The smallest absolute Gasteiger partial charge is 0.422 e. The van der Waals surface area contributed by atoms with Crippen LogP contribution >= 0.6 is 0 Å². The van der Waals surface area contributed by atoms with Crippen molar-refractivity contribution in [2.45, 2.75) is 19.7 Å². The molecule has 14 heteroatoms. The summed E-state index contributed by atoms with van der Waals surface area (Å²) >= 11 is 0. The third-order valence-electron chi connectivity index (χ3n) is 4.42. The predicted molar refractivity (Wildman–Crippen MR) is 100 cm³/mol. The lowest BCUT2D eigenvalue weighted by Crippen LogP contribution is -2.20. The summed E-state index contributed by atoms with van der Waals surface area (Å²) in [6, 6.07) is 6.08. The van der Waals surface area contributed by atoms with E-state index in [1.54, 1.807) is 0 Å². The Morgan fingerprint density at radius 3 is 2.21 bits per heavy atom. The van der Waals surface area contributed by atoms with Crippen molar-refractivity contribution in [1.82, 2.24) is 0 Å². The van der Waals surface area contributed by atoms with Crippen LogP contribution in [0.5, 0.6) is 5.75 Å². The molecule has 180 valence electrons. The summed E-state index contributed by atoms with van der Waals surface area (Å²) in [4.78, 5) is 22.4. The average Bonchev–Trinajstić information content (AvgIpc) is 3.22. The van der Waals surface area contributed by atoms with Crippen LogP contribution in [0.4, 0.5) is 42.1 Å². The van der Waals surface area contributed by atoms with Gasteiger partial charge in [-0.3, -0.25) is 14.9 Å². The number of nitrogens with zero attached hydrogens (tertiary/aromatic N) is 1. The Balaban J connectivity index is 1.75. The van der Waals surface area contributed by atoms with E-state index >= 15 is 0 Å². The predicted octanol–water partition coefficient (Wildman–Crippen LogP) is 5.90. The molecule has 0 saturated heterocycles. The molecule has 1 aromatic heterocycles. The van der Waals surface area contributed by atoms with Crippen LogP contribution in [0, 0.1) is 40.3 Å². The number of ether oxygens (including phenoxy) is 1. The van der Waals surface area contributed by atoms with Gasteiger partial charge >= 0.3 is 6.18 Å². The maximum atomic E-state index is 13.9. The Morgan fingerprint density at radius 1 is 1.06 bits per heavy atom. The molecule has 0 unspecified atom stereocenters. The molecule has 0 fully saturated rings. The molecule has 0 aliphatic heterocycles. The van der Waals surface area contributed by atoms with E-state index in [0.29, 0.717) is 5.56 Å². The van der Waals surface area contributed by atoms with Gasteiger partial charge in [-0.15, -0.1) is 0 Å². The molecule has 1 amide bonds. The summed E-state index contributed by atoms with van der Waals surface area (Å²) in [5.41, 5.74) is -4.38. The van der Waals surface area contributed by atoms with E-state index < -0.39 is 57.3 Å². The summed E-state index contributed by atoms with van der Waals surface area (Å²) in [7, 11) is 0. The van der Waals surface area contributed by atoms with Gasteiger partial charge in [-0.05, 0) is 31.2 Å². The number of nitrogens with one attached hydrogen (secondary N) is 1. The molecule has 34 heavy (non-hydrogen) atoms. The van der Waals surface area contributed by atoms with Gasteiger partial charge in [-0.2, -0.15) is 13.2 Å². The lowest BCUT2D eigenvalue weighted by molar-refractivity contribution is -0.385. The minimum Gasteiger partial charge on any atom is -0.486 e. The van der Waals surface area contributed by atoms with Crippen molar-refractivity contribution >= 4 is 17.3 Å². The molecule has 7 nitrogen and oxygen atoms in total. The number of benzene rings is 2. The van der Waals surface area contributed by atoms with Gasteiger partial charge < -0.3 is 14.5 Å². The zero-order chi connectivity index (χ0) is 25.4. The van der Waals surface area contributed by atoms with Gasteiger partial charge in [0.1, 0.15) is 29.4 Å². The van der Waals surface area contributed by atoms with Crippen molar-refractivity contribution < 1.29 is 49.6 Å². The van der Waals surface area contributed by atoms with Crippen LogP contribution in [0.2, 0.25) is 0 Å². The highest BCUT2D eigenvalue weighted by molar-refractivity contribution is 6.02. The van der Waals surface area contributed by atoms with Crippen molar-refractivity contribution in [1.29, 1.82) is 0 Å². The second kappa shape index (κ2) is 9.03. The van der Waals surface area contributed by atoms with Crippen LogP contribution in [-0.2, 0) is 12.8 Å². The van der Waals surface area contributed by atoms with Gasteiger partial charge in [0.05, 0.1) is 4.92 Å². The zero-order valence-electron chi connectivity index (χ0n) is 16.7. The third-order valence-corrected chi connectivity index (χ3v) is 4.42. The summed E-state index contributed by atoms with van der Waals surface area (Å²) in [5.74, 6) is -12.2. The summed E-state index contributed by atoms with van der Waals surface area (Å²) in [5, 5.41) is 12.3. The van der Waals surface area contributed by atoms with E-state index in [4.69, 9.17) is 9.15 Å². The molecular weight excluding hydrogens is 481 g/mol. The Kier molecular flexibility index (Phi) is 6.52. The summed E-state index contributed by atoms with van der Waals surface area (Å²) < 4.78 is 104. The molecule has 3 rings (SSSR count). The van der Waals surface area contributed by atoms with Gasteiger partial charge in [0.2, 0.25) is 0 Å². The minimum absolute atomic E-state index is 0.00752. The lowest BCUT2D eigenvalue weighted by Gasteiger charge is -2.14. The lowest BCUT2D eigenvalue weighted by atomic mass is 10.1. The zero-order valence-corrected chi connectivity index (χ0v) is 16.7. The maximum Gasteiger partial charge on any atom is 0.422 e. The molecule has 1 N–H and O–H groups in total. The molecule has 0 bridgehead atoms. The standard InChI is InChI=1S/C20H11F7N2O5/c1-8-6-9(2-4-11(8)29(31)32)33-7-10-3-5-12(34-10)19(30)28-18-16(23)14(21)13(20(25,26)27)15(22)17(18)24/h2-6H,7H2,1H3,(H,28,30). The first-order valence-electron chi connectivity index (χ1n) is 9.02. The molecule has 0 atom stereocenters. The third kappa shape index (κ3) is 4.79. The number of furan rings is 1. The largest absolute Gasteiger partial charge is 0.486 e. The van der Waals surface area contributed by atoms with Crippen molar-refractivity contribution in [2.24, 2.45) is 0 Å². The van der Waals surface area contributed by atoms with Crippen molar-refractivity contribution in [2.75, 3.05) is 5.32 Å². The van der Waals surface area contributed by atoms with Crippen molar-refractivity contribution in [3.63, 3.8) is 0 Å². The highest BCUT2D eigenvalue weighted by Gasteiger charge is 2.42. The van der Waals surface area contributed by atoms with Gasteiger partial charge in [-0.25, -0.2) is 17.6 Å². The Labute approximate surface area is 184 Å². The minimum atomic E-state index is -5.73. The number of aryl methyl sites for hydroxylation is 1. The molecule has 1 heterocycles. The Hall–Kier alpha value is -4.10. The van der Waals surface area contributed by atoms with Crippen LogP contribution in [0.1, 0.15) is 27.4 Å². The van der Waals surface area contributed by atoms with E-state index in [1.165, 1.54) is 36.5 Å². The SMILES string of the molecule is Cc1cc(OCc2ccc(C(=O)Nc3c(F)c(F)c(C(F)(F)F)c(F)c3F)o2)ccc1[N+](=O)[O-]. The van der Waals surface area contributed by atoms with Crippen molar-refractivity contribution in [3.05, 3.63) is 86.4 Å². The van der Waals surface area contributed by atoms with Crippen molar-refractivity contribution in [3.8, 4) is 5.75 Å². The second-order valence-electron chi connectivity index (χ2n) is 6.72. The van der Waals surface area contributed by atoms with E-state index in [1.807, 2.05) is 0 Å². The molecule has 0 aliphatic carbocycles. The second-order valence-corrected chi connectivity index (χ2v) is 6.72. The maximum absolute atomic E-state index is 13.9. The van der Waals surface area contributed by atoms with Gasteiger partial charge in [0.25, 0.3) is 11.6 Å². The number of carbonyl (C=O) groups excluding carboxylic acids is 1. The number of anilines is 1. The van der Waals surface area contributed by atoms with E-state index in [9.17, 15) is 45.6 Å². The number of alkyl halides is 3. The molecule has 0 spiro atoms.